The number of nitriles is 1. The number of rotatable bonds is 7. The van der Waals surface area contributed by atoms with Gasteiger partial charge in [0, 0.05) is 17.3 Å². The van der Waals surface area contributed by atoms with Crippen molar-refractivity contribution in [3.8, 4) is 17.6 Å². The van der Waals surface area contributed by atoms with Gasteiger partial charge in [-0.05, 0) is 60.2 Å². The number of hydrogen-bond donors (Lipinski definition) is 1. The van der Waals surface area contributed by atoms with E-state index in [9.17, 15) is 18.8 Å². The summed E-state index contributed by atoms with van der Waals surface area (Å²) in [5, 5.41) is 12.0. The normalized spacial score (nSPS) is 10.8. The molecule has 0 saturated carbocycles. The lowest BCUT2D eigenvalue weighted by molar-refractivity contribution is -0.112. The van der Waals surface area contributed by atoms with Gasteiger partial charge >= 0.3 is 0 Å². The molecule has 0 aromatic heterocycles. The predicted octanol–water partition coefficient (Wildman–Crippen LogP) is 5.10. The summed E-state index contributed by atoms with van der Waals surface area (Å²) in [6.45, 7) is 0.151. The van der Waals surface area contributed by atoms with E-state index in [1.807, 2.05) is 6.07 Å². The van der Waals surface area contributed by atoms with E-state index in [4.69, 9.17) is 9.47 Å². The van der Waals surface area contributed by atoms with E-state index >= 15 is 0 Å². The van der Waals surface area contributed by atoms with E-state index in [0.29, 0.717) is 22.7 Å². The minimum atomic E-state index is -0.644. The van der Waals surface area contributed by atoms with Crippen LogP contribution in [0.4, 0.5) is 14.5 Å². The van der Waals surface area contributed by atoms with Crippen LogP contribution in [-0.2, 0) is 11.4 Å². The minimum absolute atomic E-state index is 0.151. The number of methoxy groups -OCH3 is 1. The average molecular weight is 420 g/mol. The van der Waals surface area contributed by atoms with Crippen LogP contribution in [0.25, 0.3) is 6.08 Å². The quantitative estimate of drug-likeness (QED) is 0.427. The largest absolute Gasteiger partial charge is 0.497 e. The Kier molecular flexibility index (Phi) is 6.97. The van der Waals surface area contributed by atoms with Gasteiger partial charge in [-0.25, -0.2) is 8.78 Å². The van der Waals surface area contributed by atoms with Crippen LogP contribution in [0.3, 0.4) is 0 Å². The number of anilines is 1. The van der Waals surface area contributed by atoms with E-state index in [-0.39, 0.29) is 18.0 Å². The Morgan fingerprint density at radius 1 is 1.03 bits per heavy atom. The van der Waals surface area contributed by atoms with E-state index in [1.165, 1.54) is 49.6 Å². The van der Waals surface area contributed by atoms with Crippen molar-refractivity contribution in [3.63, 3.8) is 0 Å². The highest BCUT2D eigenvalue weighted by Gasteiger charge is 2.13. The molecule has 3 aromatic carbocycles. The fraction of sp³-hybridized carbons (Fsp3) is 0.0833. The topological polar surface area (TPSA) is 71.3 Å². The zero-order chi connectivity index (χ0) is 22.2. The Bertz CT molecular complexity index is 1130. The summed E-state index contributed by atoms with van der Waals surface area (Å²) < 4.78 is 37.2. The first-order chi connectivity index (χ1) is 15.0. The summed E-state index contributed by atoms with van der Waals surface area (Å²) in [6.07, 6.45) is 1.39. The summed E-state index contributed by atoms with van der Waals surface area (Å²) in [6, 6.07) is 17.9. The molecular weight excluding hydrogens is 402 g/mol. The average Bonchev–Trinajstić information content (AvgIpc) is 2.79. The van der Waals surface area contributed by atoms with Crippen LogP contribution in [0.5, 0.6) is 11.5 Å². The molecule has 5 nitrogen and oxygen atoms in total. The predicted molar refractivity (Wildman–Crippen MR) is 112 cm³/mol. The molecule has 3 aromatic rings. The van der Waals surface area contributed by atoms with Gasteiger partial charge in [0.2, 0.25) is 0 Å². The number of ether oxygens (including phenoxy) is 2. The van der Waals surface area contributed by atoms with Crippen molar-refractivity contribution >= 4 is 17.7 Å². The summed E-state index contributed by atoms with van der Waals surface area (Å²) in [7, 11) is 1.51. The molecule has 0 atom stereocenters. The van der Waals surface area contributed by atoms with Crippen LogP contribution >= 0.6 is 0 Å². The molecule has 156 valence electrons. The molecule has 0 bridgehead atoms. The molecule has 3 rings (SSSR count). The minimum Gasteiger partial charge on any atom is -0.497 e. The van der Waals surface area contributed by atoms with E-state index in [0.717, 1.165) is 5.56 Å². The Morgan fingerprint density at radius 2 is 1.68 bits per heavy atom. The fourth-order valence-corrected chi connectivity index (χ4v) is 2.66. The highest BCUT2D eigenvalue weighted by molar-refractivity contribution is 6.09. The van der Waals surface area contributed by atoms with Crippen LogP contribution in [0.2, 0.25) is 0 Å². The number of carbonyl (C=O) groups excluding carboxylic acids is 1. The van der Waals surface area contributed by atoms with Crippen molar-refractivity contribution in [1.29, 1.82) is 5.26 Å². The first kappa shape index (κ1) is 21.5. The third kappa shape index (κ3) is 5.90. The third-order valence-electron chi connectivity index (χ3n) is 4.30. The van der Waals surface area contributed by atoms with Gasteiger partial charge in [-0.3, -0.25) is 4.79 Å². The maximum atomic E-state index is 13.1. The van der Waals surface area contributed by atoms with Crippen LogP contribution < -0.4 is 14.8 Å². The van der Waals surface area contributed by atoms with E-state index in [1.54, 1.807) is 30.3 Å². The molecule has 0 aliphatic carbocycles. The number of hydrogen-bond acceptors (Lipinski definition) is 4. The van der Waals surface area contributed by atoms with Gasteiger partial charge in [-0.15, -0.1) is 0 Å². The second kappa shape index (κ2) is 10.0. The van der Waals surface area contributed by atoms with Gasteiger partial charge in [0.05, 0.1) is 7.11 Å². The molecule has 0 aliphatic rings. The summed E-state index contributed by atoms with van der Waals surface area (Å²) in [5.41, 5.74) is 1.42. The second-order valence-corrected chi connectivity index (χ2v) is 6.45. The zero-order valence-electron chi connectivity index (χ0n) is 16.6. The molecule has 0 spiro atoms. The molecule has 0 unspecified atom stereocenters. The molecule has 7 heteroatoms. The molecule has 31 heavy (non-hydrogen) atoms. The van der Waals surface area contributed by atoms with Gasteiger partial charge in [0.1, 0.15) is 41.4 Å². The molecule has 0 radical (unpaired) electrons. The Labute approximate surface area is 178 Å². The van der Waals surface area contributed by atoms with Crippen molar-refractivity contribution in [2.24, 2.45) is 0 Å². The van der Waals surface area contributed by atoms with E-state index in [2.05, 4.69) is 5.32 Å². The fourth-order valence-electron chi connectivity index (χ4n) is 2.66. The molecule has 1 N–H and O–H groups in total. The number of nitrogens with one attached hydrogen (secondary N) is 1. The molecule has 0 heterocycles. The number of benzene rings is 3. The second-order valence-electron chi connectivity index (χ2n) is 6.45. The summed E-state index contributed by atoms with van der Waals surface area (Å²) >= 11 is 0. The van der Waals surface area contributed by atoms with Crippen molar-refractivity contribution in [2.45, 2.75) is 6.61 Å². The van der Waals surface area contributed by atoms with Crippen LogP contribution in [0.15, 0.2) is 72.3 Å². The number of carbonyl (C=O) groups is 1. The number of nitrogens with zero attached hydrogens (tertiary/aromatic N) is 1. The van der Waals surface area contributed by atoms with Crippen LogP contribution in [0.1, 0.15) is 11.1 Å². The van der Waals surface area contributed by atoms with Crippen molar-refractivity contribution in [1.82, 2.24) is 0 Å². The Balaban J connectivity index is 1.83. The highest BCUT2D eigenvalue weighted by atomic mass is 19.1. The van der Waals surface area contributed by atoms with Gasteiger partial charge in [0.15, 0.2) is 0 Å². The number of amides is 1. The zero-order valence-corrected chi connectivity index (χ0v) is 16.6. The maximum absolute atomic E-state index is 13.1. The Hall–Kier alpha value is -4.18. The monoisotopic (exact) mass is 420 g/mol. The summed E-state index contributed by atoms with van der Waals surface area (Å²) in [5.74, 6) is -0.518. The third-order valence-corrected chi connectivity index (χ3v) is 4.30. The molecule has 0 aliphatic heterocycles. The van der Waals surface area contributed by atoms with E-state index < -0.39 is 11.7 Å². The molecule has 0 fully saturated rings. The SMILES string of the molecule is COc1ccc(/C=C(\C#N)C(=O)Nc2ccc(F)cc2)c(OCc2ccc(F)cc2)c1. The first-order valence-electron chi connectivity index (χ1n) is 9.22. The van der Waals surface area contributed by atoms with Gasteiger partial charge < -0.3 is 14.8 Å². The lowest BCUT2D eigenvalue weighted by Gasteiger charge is -2.12. The lowest BCUT2D eigenvalue weighted by Crippen LogP contribution is -2.13. The van der Waals surface area contributed by atoms with Gasteiger partial charge in [-0.1, -0.05) is 12.1 Å². The molecular formula is C24H18F2N2O3. The smallest absolute Gasteiger partial charge is 0.266 e. The first-order valence-corrected chi connectivity index (χ1v) is 9.22. The lowest BCUT2D eigenvalue weighted by atomic mass is 10.1. The van der Waals surface area contributed by atoms with Gasteiger partial charge in [-0.2, -0.15) is 5.26 Å². The number of halogens is 2. The van der Waals surface area contributed by atoms with Crippen molar-refractivity contribution < 1.29 is 23.0 Å². The van der Waals surface area contributed by atoms with Gasteiger partial charge in [0.25, 0.3) is 5.91 Å². The van der Waals surface area contributed by atoms with Crippen LogP contribution in [0, 0.1) is 23.0 Å². The highest BCUT2D eigenvalue weighted by Crippen LogP contribution is 2.28. The van der Waals surface area contributed by atoms with Crippen molar-refractivity contribution in [2.75, 3.05) is 12.4 Å². The van der Waals surface area contributed by atoms with Crippen LogP contribution in [-0.4, -0.2) is 13.0 Å². The van der Waals surface area contributed by atoms with Crippen molar-refractivity contribution in [3.05, 3.63) is 95.1 Å². The summed E-state index contributed by atoms with van der Waals surface area (Å²) in [4.78, 5) is 12.5. The standard InChI is InChI=1S/C24H18F2N2O3/c1-30-22-11-4-17(23(13-22)31-15-16-2-5-19(25)6-3-16)12-18(14-27)24(29)28-21-9-7-20(26)8-10-21/h2-13H,15H2,1H3,(H,28,29)/b18-12+. The Morgan fingerprint density at radius 3 is 2.29 bits per heavy atom. The molecule has 1 amide bonds. The molecule has 0 saturated heterocycles. The maximum Gasteiger partial charge on any atom is 0.266 e.